The Labute approximate surface area is 148 Å². The van der Waals surface area contributed by atoms with Crippen molar-refractivity contribution in [1.82, 2.24) is 5.32 Å². The fraction of sp³-hybridized carbons (Fsp3) is 0.222. The van der Waals surface area contributed by atoms with Crippen molar-refractivity contribution in [3.05, 3.63) is 64.7 Å². The predicted molar refractivity (Wildman–Crippen MR) is 90.1 cm³/mol. The van der Waals surface area contributed by atoms with Gasteiger partial charge in [0.05, 0.1) is 5.02 Å². The Bertz CT molecular complexity index is 811. The quantitative estimate of drug-likeness (QED) is 0.846. The van der Waals surface area contributed by atoms with Gasteiger partial charge in [-0.3, -0.25) is 9.59 Å². The second kappa shape index (κ2) is 7.19. The van der Waals surface area contributed by atoms with Crippen LogP contribution in [-0.4, -0.2) is 18.4 Å². The normalized spacial score (nSPS) is 17.0. The van der Waals surface area contributed by atoms with Crippen LogP contribution >= 0.6 is 11.6 Å². The topological polar surface area (TPSA) is 49.4 Å². The molecule has 0 radical (unpaired) electrons. The van der Waals surface area contributed by atoms with Gasteiger partial charge in [0, 0.05) is 24.3 Å². The molecule has 130 valence electrons. The molecule has 2 aromatic rings. The number of hydrogen-bond acceptors (Lipinski definition) is 2. The zero-order chi connectivity index (χ0) is 18.0. The first-order chi connectivity index (χ1) is 12.0. The van der Waals surface area contributed by atoms with Crippen molar-refractivity contribution in [2.24, 2.45) is 5.92 Å². The summed E-state index contributed by atoms with van der Waals surface area (Å²) in [4.78, 5) is 26.2. The molecule has 1 N–H and O–H groups in total. The molecule has 1 fully saturated rings. The summed E-state index contributed by atoms with van der Waals surface area (Å²) in [6, 6.07) is 10.0. The first-order valence-corrected chi connectivity index (χ1v) is 8.12. The largest absolute Gasteiger partial charge is 0.351 e. The van der Waals surface area contributed by atoms with Gasteiger partial charge in [-0.2, -0.15) is 0 Å². The van der Waals surface area contributed by atoms with Crippen LogP contribution < -0.4 is 10.2 Å². The van der Waals surface area contributed by atoms with Crippen LogP contribution in [0.15, 0.2) is 42.5 Å². The highest BCUT2D eigenvalue weighted by molar-refractivity contribution is 6.30. The number of amides is 2. The number of carbonyl (C=O) groups excluding carboxylic acids is 2. The van der Waals surface area contributed by atoms with Crippen LogP contribution in [0, 0.1) is 17.6 Å². The van der Waals surface area contributed by atoms with Crippen molar-refractivity contribution in [3.8, 4) is 0 Å². The van der Waals surface area contributed by atoms with Crippen molar-refractivity contribution < 1.29 is 18.4 Å². The minimum absolute atomic E-state index is 0.0221. The molecule has 1 aliphatic rings. The molecule has 7 heteroatoms. The molecule has 0 bridgehead atoms. The minimum Gasteiger partial charge on any atom is -0.351 e. The third-order valence-corrected chi connectivity index (χ3v) is 4.44. The van der Waals surface area contributed by atoms with Gasteiger partial charge in [0.25, 0.3) is 0 Å². The highest BCUT2D eigenvalue weighted by atomic mass is 35.5. The van der Waals surface area contributed by atoms with E-state index >= 15 is 0 Å². The Morgan fingerprint density at radius 2 is 1.92 bits per heavy atom. The number of nitrogens with zero attached hydrogens (tertiary/aromatic N) is 1. The third-order valence-electron chi connectivity index (χ3n) is 4.14. The van der Waals surface area contributed by atoms with Crippen LogP contribution in [0.5, 0.6) is 0 Å². The van der Waals surface area contributed by atoms with Gasteiger partial charge in [-0.05, 0) is 36.8 Å². The molecule has 0 aromatic heterocycles. The van der Waals surface area contributed by atoms with Crippen molar-refractivity contribution in [2.75, 3.05) is 11.4 Å². The van der Waals surface area contributed by atoms with Crippen molar-refractivity contribution >= 4 is 29.1 Å². The Hall–Kier alpha value is -2.47. The van der Waals surface area contributed by atoms with Crippen molar-refractivity contribution in [2.45, 2.75) is 13.0 Å². The molecule has 3 rings (SSSR count). The minimum atomic E-state index is -0.840. The molecule has 25 heavy (non-hydrogen) atoms. The second-order valence-electron chi connectivity index (χ2n) is 5.74. The summed E-state index contributed by atoms with van der Waals surface area (Å²) in [7, 11) is 0. The molecule has 2 aromatic carbocycles. The van der Waals surface area contributed by atoms with Gasteiger partial charge in [-0.25, -0.2) is 8.78 Å². The van der Waals surface area contributed by atoms with Crippen LogP contribution in [0.1, 0.15) is 12.0 Å². The Kier molecular flexibility index (Phi) is 4.99. The number of benzene rings is 2. The Morgan fingerprint density at radius 1 is 1.20 bits per heavy atom. The molecule has 0 saturated carbocycles. The number of halogens is 3. The lowest BCUT2D eigenvalue weighted by Gasteiger charge is -2.16. The zero-order valence-corrected chi connectivity index (χ0v) is 13.9. The van der Waals surface area contributed by atoms with Crippen LogP contribution in [0.3, 0.4) is 0 Å². The SMILES string of the molecule is O=C(NCc1cccc(Cl)c1F)C1CCN(c2ccc(F)cc2)C1=O. The van der Waals surface area contributed by atoms with E-state index in [9.17, 15) is 18.4 Å². The van der Waals surface area contributed by atoms with E-state index in [1.807, 2.05) is 0 Å². The molecule has 1 saturated heterocycles. The van der Waals surface area contributed by atoms with Crippen molar-refractivity contribution in [3.63, 3.8) is 0 Å². The van der Waals surface area contributed by atoms with Gasteiger partial charge in [0.2, 0.25) is 11.8 Å². The number of rotatable bonds is 4. The molecule has 0 spiro atoms. The maximum atomic E-state index is 13.8. The summed E-state index contributed by atoms with van der Waals surface area (Å²) < 4.78 is 26.8. The van der Waals surface area contributed by atoms with Gasteiger partial charge in [0.1, 0.15) is 17.6 Å². The van der Waals surface area contributed by atoms with Gasteiger partial charge in [0.15, 0.2) is 0 Å². The first kappa shape index (κ1) is 17.4. The van der Waals surface area contributed by atoms with E-state index in [-0.39, 0.29) is 23.0 Å². The van der Waals surface area contributed by atoms with Gasteiger partial charge in [-0.1, -0.05) is 23.7 Å². The predicted octanol–water partition coefficient (Wildman–Crippen LogP) is 3.29. The molecule has 2 amide bonds. The molecule has 1 atom stereocenters. The fourth-order valence-corrected chi connectivity index (χ4v) is 2.99. The summed E-state index contributed by atoms with van der Waals surface area (Å²) in [6.07, 6.45) is 0.347. The number of hydrogen-bond donors (Lipinski definition) is 1. The smallest absolute Gasteiger partial charge is 0.239 e. The lowest BCUT2D eigenvalue weighted by atomic mass is 10.1. The molecular formula is C18H15ClF2N2O2. The molecule has 1 aliphatic heterocycles. The number of nitrogens with one attached hydrogen (secondary N) is 1. The van der Waals surface area contributed by atoms with E-state index in [1.54, 1.807) is 6.07 Å². The van der Waals surface area contributed by atoms with Crippen LogP contribution in [0.2, 0.25) is 5.02 Å². The maximum absolute atomic E-state index is 13.8. The average Bonchev–Trinajstić information content (AvgIpc) is 2.98. The molecular weight excluding hydrogens is 350 g/mol. The Morgan fingerprint density at radius 3 is 2.64 bits per heavy atom. The number of anilines is 1. The maximum Gasteiger partial charge on any atom is 0.239 e. The molecule has 0 aliphatic carbocycles. The molecule has 1 heterocycles. The van der Waals surface area contributed by atoms with Crippen LogP contribution in [0.4, 0.5) is 14.5 Å². The lowest BCUT2D eigenvalue weighted by molar-refractivity contribution is -0.132. The molecule has 4 nitrogen and oxygen atoms in total. The van der Waals surface area contributed by atoms with Crippen LogP contribution in [-0.2, 0) is 16.1 Å². The average molecular weight is 365 g/mol. The summed E-state index contributed by atoms with van der Waals surface area (Å²) in [5, 5.41) is 2.55. The zero-order valence-electron chi connectivity index (χ0n) is 13.1. The summed E-state index contributed by atoms with van der Waals surface area (Å²) in [6.45, 7) is 0.319. The van der Waals surface area contributed by atoms with E-state index in [0.29, 0.717) is 18.7 Å². The van der Waals surface area contributed by atoms with E-state index in [0.717, 1.165) is 0 Å². The molecule has 1 unspecified atom stereocenters. The van der Waals surface area contributed by atoms with Gasteiger partial charge >= 0.3 is 0 Å². The number of carbonyl (C=O) groups is 2. The summed E-state index contributed by atoms with van der Waals surface area (Å²) in [5.41, 5.74) is 0.796. The fourth-order valence-electron chi connectivity index (χ4n) is 2.79. The second-order valence-corrected chi connectivity index (χ2v) is 6.15. The first-order valence-electron chi connectivity index (χ1n) is 7.75. The summed E-state index contributed by atoms with van der Waals surface area (Å²) >= 11 is 5.70. The highest BCUT2D eigenvalue weighted by Crippen LogP contribution is 2.26. The van der Waals surface area contributed by atoms with E-state index in [1.165, 1.54) is 41.3 Å². The Balaban J connectivity index is 1.64. The third kappa shape index (κ3) is 3.64. The highest BCUT2D eigenvalue weighted by Gasteiger charge is 2.37. The van der Waals surface area contributed by atoms with Gasteiger partial charge < -0.3 is 10.2 Å². The lowest BCUT2D eigenvalue weighted by Crippen LogP contribution is -2.36. The van der Waals surface area contributed by atoms with Crippen LogP contribution in [0.25, 0.3) is 0 Å². The van der Waals surface area contributed by atoms with E-state index < -0.39 is 23.5 Å². The standard InChI is InChI=1S/C18H15ClF2N2O2/c19-15-3-1-2-11(16(15)21)10-22-17(24)14-8-9-23(18(14)25)13-6-4-12(20)5-7-13/h1-7,14H,8-10H2,(H,22,24). The van der Waals surface area contributed by atoms with E-state index in [4.69, 9.17) is 11.6 Å². The monoisotopic (exact) mass is 364 g/mol. The van der Waals surface area contributed by atoms with E-state index in [2.05, 4.69) is 5.32 Å². The van der Waals surface area contributed by atoms with Gasteiger partial charge in [-0.15, -0.1) is 0 Å². The van der Waals surface area contributed by atoms with Crippen molar-refractivity contribution in [1.29, 1.82) is 0 Å². The summed E-state index contributed by atoms with van der Waals surface area (Å²) in [5.74, 6) is -2.64.